The zero-order valence-corrected chi connectivity index (χ0v) is 19.0. The van der Waals surface area contributed by atoms with Gasteiger partial charge in [-0.15, -0.1) is 0 Å². The first kappa shape index (κ1) is 16.3. The largest absolute Gasteiger partial charge is 0.336 e. The first-order chi connectivity index (χ1) is 10.0. The molecule has 5 nitrogen and oxygen atoms in total. The molecular weight excluding hydrogens is 696 g/mol. The van der Waals surface area contributed by atoms with Crippen LogP contribution >= 0.6 is 93.0 Å². The molecule has 0 saturated carbocycles. The monoisotopic (exact) mass is 697 g/mol. The van der Waals surface area contributed by atoms with Crippen molar-refractivity contribution in [1.82, 2.24) is 19.9 Å². The summed E-state index contributed by atoms with van der Waals surface area (Å²) in [4.78, 5) is 15.6. The normalized spacial score (nSPS) is 11.1. The first-order valence-corrected chi connectivity index (χ1v) is 9.97. The van der Waals surface area contributed by atoms with Crippen molar-refractivity contribution >= 4 is 116 Å². The molecule has 0 aliphatic carbocycles. The van der Waals surface area contributed by atoms with E-state index in [1.807, 2.05) is 0 Å². The van der Waals surface area contributed by atoms with Crippen molar-refractivity contribution in [3.8, 4) is 0 Å². The maximum absolute atomic E-state index is 4.28. The number of anilines is 2. The lowest BCUT2D eigenvalue weighted by molar-refractivity contribution is 1.19. The summed E-state index contributed by atoms with van der Waals surface area (Å²) in [7, 11) is 0. The van der Waals surface area contributed by atoms with Crippen molar-refractivity contribution < 1.29 is 0 Å². The zero-order valence-electron chi connectivity index (χ0n) is 9.89. The number of benzene rings is 1. The van der Waals surface area contributed by atoms with Gasteiger partial charge in [-0.05, 0) is 93.0 Å². The molecule has 0 radical (unpaired) electrons. The van der Waals surface area contributed by atoms with Gasteiger partial charge in [-0.2, -0.15) is 0 Å². The van der Waals surface area contributed by atoms with E-state index in [1.54, 1.807) is 6.33 Å². The Labute approximate surface area is 172 Å². The molecule has 0 aliphatic rings. The summed E-state index contributed by atoms with van der Waals surface area (Å²) in [6.45, 7) is 0. The standard InChI is InChI=1S/C11H4Br3I2N5/c12-3-6(15)4(13)8(5(14)7(3)16)21-11-9-10(18-1-17-9)19-2-20-11/h1-2H,(H2,17,18,19,20,21). The molecule has 21 heavy (non-hydrogen) atoms. The lowest BCUT2D eigenvalue weighted by atomic mass is 10.3. The van der Waals surface area contributed by atoms with Gasteiger partial charge in [0.2, 0.25) is 0 Å². The third-order valence-corrected chi connectivity index (χ3v) is 10.2. The topological polar surface area (TPSA) is 66.5 Å². The quantitative estimate of drug-likeness (QED) is 0.208. The Morgan fingerprint density at radius 1 is 0.952 bits per heavy atom. The zero-order chi connectivity index (χ0) is 15.1. The molecule has 10 heteroatoms. The minimum absolute atomic E-state index is 0.650. The smallest absolute Gasteiger partial charge is 0.162 e. The molecule has 0 fully saturated rings. The summed E-state index contributed by atoms with van der Waals surface area (Å²) in [5.74, 6) is 0.650. The Morgan fingerprint density at radius 2 is 1.62 bits per heavy atom. The third kappa shape index (κ3) is 2.97. The van der Waals surface area contributed by atoms with Gasteiger partial charge < -0.3 is 10.3 Å². The number of imidazole rings is 1. The molecule has 0 amide bonds. The minimum atomic E-state index is 0.650. The maximum atomic E-state index is 4.28. The fourth-order valence-corrected chi connectivity index (χ4v) is 5.47. The molecule has 0 aliphatic heterocycles. The molecule has 0 bridgehead atoms. The van der Waals surface area contributed by atoms with E-state index in [-0.39, 0.29) is 0 Å². The van der Waals surface area contributed by atoms with E-state index in [0.717, 1.165) is 26.2 Å². The van der Waals surface area contributed by atoms with Crippen LogP contribution in [0.4, 0.5) is 11.5 Å². The lowest BCUT2D eigenvalue weighted by Crippen LogP contribution is -2.00. The number of nitrogens with zero attached hydrogens (tertiary/aromatic N) is 3. The van der Waals surface area contributed by atoms with Crippen LogP contribution < -0.4 is 5.32 Å². The average Bonchev–Trinajstić information content (AvgIpc) is 2.97. The molecule has 0 spiro atoms. The number of rotatable bonds is 2. The Kier molecular flexibility index (Phi) is 5.08. The van der Waals surface area contributed by atoms with E-state index >= 15 is 0 Å². The van der Waals surface area contributed by atoms with Gasteiger partial charge in [0, 0.05) is 11.6 Å². The summed E-state index contributed by atoms with van der Waals surface area (Å²) < 4.78 is 5.10. The fraction of sp³-hybridized carbons (Fsp3) is 0. The Morgan fingerprint density at radius 3 is 2.29 bits per heavy atom. The molecule has 0 saturated heterocycles. The number of nitrogens with one attached hydrogen (secondary N) is 2. The van der Waals surface area contributed by atoms with Gasteiger partial charge in [0.25, 0.3) is 0 Å². The summed E-state index contributed by atoms with van der Waals surface area (Å²) in [6, 6.07) is 0. The molecule has 2 heterocycles. The van der Waals surface area contributed by atoms with Crippen LogP contribution in [0, 0.1) is 7.14 Å². The summed E-state index contributed by atoms with van der Waals surface area (Å²) in [6.07, 6.45) is 3.10. The molecular formula is C11H4Br3I2N5. The molecule has 0 atom stereocenters. The SMILES string of the molecule is Brc1c(I)c(Br)c(Nc2ncnc3[nH]cnc23)c(Br)c1I. The van der Waals surface area contributed by atoms with Crippen LogP contribution in [0.3, 0.4) is 0 Å². The highest BCUT2D eigenvalue weighted by Gasteiger charge is 2.19. The van der Waals surface area contributed by atoms with E-state index in [9.17, 15) is 0 Å². The second-order valence-corrected chi connectivity index (χ2v) is 8.43. The van der Waals surface area contributed by atoms with Gasteiger partial charge in [0.05, 0.1) is 21.0 Å². The Bertz CT molecular complexity index is 822. The van der Waals surface area contributed by atoms with Gasteiger partial charge in [-0.25, -0.2) is 15.0 Å². The van der Waals surface area contributed by atoms with E-state index in [0.29, 0.717) is 17.0 Å². The van der Waals surface area contributed by atoms with Crippen LogP contribution in [0.15, 0.2) is 26.1 Å². The molecule has 1 aromatic carbocycles. The predicted molar refractivity (Wildman–Crippen MR) is 110 cm³/mol. The van der Waals surface area contributed by atoms with Gasteiger partial charge in [0.1, 0.15) is 6.33 Å². The summed E-state index contributed by atoms with van der Waals surface area (Å²) >= 11 is 15.4. The van der Waals surface area contributed by atoms with E-state index < -0.39 is 0 Å². The van der Waals surface area contributed by atoms with Gasteiger partial charge >= 0.3 is 0 Å². The minimum Gasteiger partial charge on any atom is -0.336 e. The third-order valence-electron chi connectivity index (χ3n) is 2.67. The van der Waals surface area contributed by atoms with Crippen LogP contribution in [-0.2, 0) is 0 Å². The molecule has 0 unspecified atom stereocenters. The number of hydrogen-bond acceptors (Lipinski definition) is 4. The van der Waals surface area contributed by atoms with Crippen LogP contribution in [0.5, 0.6) is 0 Å². The summed E-state index contributed by atoms with van der Waals surface area (Å²) in [5, 5.41) is 3.32. The second kappa shape index (κ2) is 6.53. The predicted octanol–water partition coefficient (Wildman–Crippen LogP) is 5.59. The van der Waals surface area contributed by atoms with Crippen molar-refractivity contribution in [3.63, 3.8) is 0 Å². The summed E-state index contributed by atoms with van der Waals surface area (Å²) in [5.41, 5.74) is 2.29. The highest BCUT2D eigenvalue weighted by atomic mass is 127. The lowest BCUT2D eigenvalue weighted by Gasteiger charge is -2.15. The van der Waals surface area contributed by atoms with E-state index in [1.165, 1.54) is 6.33 Å². The van der Waals surface area contributed by atoms with Gasteiger partial charge in [-0.1, -0.05) is 0 Å². The van der Waals surface area contributed by atoms with Crippen molar-refractivity contribution in [2.75, 3.05) is 5.32 Å². The Balaban J connectivity index is 2.17. The van der Waals surface area contributed by atoms with Crippen molar-refractivity contribution in [2.45, 2.75) is 0 Å². The number of hydrogen-bond donors (Lipinski definition) is 2. The molecule has 3 aromatic rings. The Hall–Kier alpha value is 0.470. The van der Waals surface area contributed by atoms with Crippen LogP contribution in [-0.4, -0.2) is 19.9 Å². The van der Waals surface area contributed by atoms with Crippen LogP contribution in [0.1, 0.15) is 0 Å². The molecule has 3 rings (SSSR count). The first-order valence-electron chi connectivity index (χ1n) is 5.43. The number of aromatic amines is 1. The van der Waals surface area contributed by atoms with Gasteiger partial charge in [0.15, 0.2) is 17.0 Å². The molecule has 108 valence electrons. The average molecular weight is 700 g/mol. The fourth-order valence-electron chi connectivity index (χ4n) is 1.69. The molecule has 2 N–H and O–H groups in total. The second-order valence-electron chi connectivity index (χ2n) is 3.89. The van der Waals surface area contributed by atoms with Crippen molar-refractivity contribution in [1.29, 1.82) is 0 Å². The number of halogens is 5. The number of aromatic nitrogens is 4. The number of fused-ring (bicyclic) bond motifs is 1. The van der Waals surface area contributed by atoms with Crippen LogP contribution in [0.25, 0.3) is 11.2 Å². The van der Waals surface area contributed by atoms with E-state index in [4.69, 9.17) is 0 Å². The van der Waals surface area contributed by atoms with Crippen LogP contribution in [0.2, 0.25) is 0 Å². The highest BCUT2D eigenvalue weighted by molar-refractivity contribution is 14.1. The number of H-pyrrole nitrogens is 1. The highest BCUT2D eigenvalue weighted by Crippen LogP contribution is 2.44. The maximum Gasteiger partial charge on any atom is 0.162 e. The van der Waals surface area contributed by atoms with Crippen molar-refractivity contribution in [3.05, 3.63) is 33.2 Å². The van der Waals surface area contributed by atoms with Gasteiger partial charge in [-0.3, -0.25) is 0 Å². The molecule has 2 aromatic heterocycles. The van der Waals surface area contributed by atoms with Crippen molar-refractivity contribution in [2.24, 2.45) is 0 Å². The van der Waals surface area contributed by atoms with E-state index in [2.05, 4.69) is 118 Å².